The van der Waals surface area contributed by atoms with Crippen molar-refractivity contribution in [3.05, 3.63) is 77.2 Å². The van der Waals surface area contributed by atoms with Crippen molar-refractivity contribution in [3.8, 4) is 0 Å². The van der Waals surface area contributed by atoms with Crippen molar-refractivity contribution in [2.24, 2.45) is 0 Å². The third kappa shape index (κ3) is 6.79. The molecule has 0 atom stereocenters. The van der Waals surface area contributed by atoms with Crippen molar-refractivity contribution in [3.63, 3.8) is 0 Å². The third-order valence-electron chi connectivity index (χ3n) is 6.25. The van der Waals surface area contributed by atoms with Crippen LogP contribution in [0, 0.1) is 6.92 Å². The standard InChI is InChI=1S/C27H33N5OS/c1-20-17-25(32(2)24-12-4-3-5-13-24)31-27(30-20)34-19-21-9-8-10-22(18-21)26(33)29-16-14-23-11-6-7-15-28-23/h6-11,15,17-18,24H,3-5,12-14,16,19H2,1-2H3,(H,29,33). The lowest BCUT2D eigenvalue weighted by atomic mass is 9.94. The molecule has 1 aliphatic carbocycles. The molecule has 1 N–H and O–H groups in total. The van der Waals surface area contributed by atoms with Gasteiger partial charge in [-0.15, -0.1) is 0 Å². The van der Waals surface area contributed by atoms with Gasteiger partial charge in [-0.05, 0) is 49.6 Å². The van der Waals surface area contributed by atoms with Crippen LogP contribution >= 0.6 is 11.8 Å². The monoisotopic (exact) mass is 475 g/mol. The lowest BCUT2D eigenvalue weighted by molar-refractivity contribution is 0.0954. The number of thioether (sulfide) groups is 1. The van der Waals surface area contributed by atoms with Crippen LogP contribution in [0.15, 0.2) is 59.9 Å². The Hall–Kier alpha value is -2.93. The highest BCUT2D eigenvalue weighted by atomic mass is 32.2. The van der Waals surface area contributed by atoms with E-state index in [1.807, 2.05) is 49.4 Å². The van der Waals surface area contributed by atoms with Gasteiger partial charge in [-0.25, -0.2) is 9.97 Å². The topological polar surface area (TPSA) is 71.0 Å². The van der Waals surface area contributed by atoms with Gasteiger partial charge in [-0.1, -0.05) is 49.2 Å². The van der Waals surface area contributed by atoms with E-state index in [1.54, 1.807) is 18.0 Å². The number of aryl methyl sites for hydroxylation is 1. The molecule has 6 nitrogen and oxygen atoms in total. The molecule has 4 rings (SSSR count). The van der Waals surface area contributed by atoms with Crippen LogP contribution in [0.2, 0.25) is 0 Å². The minimum absolute atomic E-state index is 0.0639. The van der Waals surface area contributed by atoms with Gasteiger partial charge in [-0.3, -0.25) is 9.78 Å². The lowest BCUT2D eigenvalue weighted by Gasteiger charge is -2.32. The molecule has 3 aromatic rings. The number of rotatable bonds is 9. The summed E-state index contributed by atoms with van der Waals surface area (Å²) >= 11 is 1.61. The molecule has 1 amide bonds. The largest absolute Gasteiger partial charge is 0.357 e. The first kappa shape index (κ1) is 24.2. The fourth-order valence-electron chi connectivity index (χ4n) is 4.33. The number of hydrogen-bond acceptors (Lipinski definition) is 6. The summed E-state index contributed by atoms with van der Waals surface area (Å²) in [5.41, 5.74) is 3.70. The fraction of sp³-hybridized carbons (Fsp3) is 0.407. The van der Waals surface area contributed by atoms with Crippen LogP contribution in [0.4, 0.5) is 5.82 Å². The smallest absolute Gasteiger partial charge is 0.251 e. The zero-order chi connectivity index (χ0) is 23.8. The van der Waals surface area contributed by atoms with E-state index in [0.29, 0.717) is 30.3 Å². The molecule has 2 heterocycles. The Morgan fingerprint density at radius 3 is 2.74 bits per heavy atom. The summed E-state index contributed by atoms with van der Waals surface area (Å²) in [6.45, 7) is 2.59. The van der Waals surface area contributed by atoms with E-state index in [0.717, 1.165) is 27.9 Å². The second-order valence-corrected chi connectivity index (χ2v) is 9.81. The van der Waals surface area contributed by atoms with Crippen molar-refractivity contribution in [2.45, 2.75) is 62.4 Å². The zero-order valence-corrected chi connectivity index (χ0v) is 20.9. The summed E-state index contributed by atoms with van der Waals surface area (Å²) in [7, 11) is 2.15. The van der Waals surface area contributed by atoms with E-state index in [4.69, 9.17) is 4.98 Å². The average molecular weight is 476 g/mol. The molecular formula is C27H33N5OS. The van der Waals surface area contributed by atoms with Gasteiger partial charge in [-0.2, -0.15) is 0 Å². The van der Waals surface area contributed by atoms with Crippen LogP contribution in [-0.2, 0) is 12.2 Å². The molecule has 7 heteroatoms. The predicted octanol–water partition coefficient (Wildman–Crippen LogP) is 5.21. The first-order chi connectivity index (χ1) is 16.6. The van der Waals surface area contributed by atoms with E-state index in [2.05, 4.69) is 33.3 Å². The molecule has 1 saturated carbocycles. The van der Waals surface area contributed by atoms with Crippen molar-refractivity contribution in [2.75, 3.05) is 18.5 Å². The van der Waals surface area contributed by atoms with Gasteiger partial charge < -0.3 is 10.2 Å². The van der Waals surface area contributed by atoms with E-state index in [9.17, 15) is 4.79 Å². The molecule has 0 radical (unpaired) electrons. The highest BCUT2D eigenvalue weighted by Crippen LogP contribution is 2.27. The number of benzene rings is 1. The molecule has 0 unspecified atom stereocenters. The molecule has 1 aliphatic rings. The number of amides is 1. The summed E-state index contributed by atoms with van der Waals surface area (Å²) in [4.78, 5) is 28.7. The molecule has 0 bridgehead atoms. The van der Waals surface area contributed by atoms with Gasteiger partial charge in [0.15, 0.2) is 5.16 Å². The average Bonchev–Trinajstić information content (AvgIpc) is 2.88. The summed E-state index contributed by atoms with van der Waals surface area (Å²) < 4.78 is 0. The highest BCUT2D eigenvalue weighted by Gasteiger charge is 2.20. The number of nitrogens with one attached hydrogen (secondary N) is 1. The number of pyridine rings is 1. The first-order valence-electron chi connectivity index (χ1n) is 12.1. The van der Waals surface area contributed by atoms with Gasteiger partial charge in [0.1, 0.15) is 5.82 Å². The molecule has 0 saturated heterocycles. The SMILES string of the molecule is Cc1cc(N(C)C2CCCCC2)nc(SCc2cccc(C(=O)NCCc3ccccn3)c2)n1. The second-order valence-electron chi connectivity index (χ2n) is 8.87. The van der Waals surface area contributed by atoms with E-state index in [1.165, 1.54) is 32.1 Å². The van der Waals surface area contributed by atoms with Crippen molar-refractivity contribution in [1.29, 1.82) is 0 Å². The van der Waals surface area contributed by atoms with E-state index < -0.39 is 0 Å². The Morgan fingerprint density at radius 1 is 1.09 bits per heavy atom. The van der Waals surface area contributed by atoms with Gasteiger partial charge in [0.05, 0.1) is 0 Å². The Balaban J connectivity index is 1.34. The molecule has 34 heavy (non-hydrogen) atoms. The highest BCUT2D eigenvalue weighted by molar-refractivity contribution is 7.98. The molecule has 178 valence electrons. The molecule has 0 spiro atoms. The summed E-state index contributed by atoms with van der Waals surface area (Å²) in [5.74, 6) is 1.65. The molecular weight excluding hydrogens is 442 g/mol. The summed E-state index contributed by atoms with van der Waals surface area (Å²) in [5, 5.41) is 3.77. The molecule has 1 aromatic carbocycles. The fourth-order valence-corrected chi connectivity index (χ4v) is 5.17. The van der Waals surface area contributed by atoms with Gasteiger partial charge >= 0.3 is 0 Å². The Labute approximate surface area is 206 Å². The van der Waals surface area contributed by atoms with Crippen LogP contribution in [-0.4, -0.2) is 40.5 Å². The number of hydrogen-bond donors (Lipinski definition) is 1. The van der Waals surface area contributed by atoms with Gasteiger partial charge in [0, 0.05) is 61.0 Å². The van der Waals surface area contributed by atoms with E-state index >= 15 is 0 Å². The molecule has 0 aliphatic heterocycles. The number of carbonyl (C=O) groups is 1. The second kappa shape index (κ2) is 12.0. The van der Waals surface area contributed by atoms with Crippen LogP contribution in [0.5, 0.6) is 0 Å². The minimum atomic E-state index is -0.0639. The Kier molecular flexibility index (Phi) is 8.52. The molecule has 2 aromatic heterocycles. The summed E-state index contributed by atoms with van der Waals surface area (Å²) in [6.07, 6.45) is 8.90. The number of nitrogens with zero attached hydrogens (tertiary/aromatic N) is 4. The minimum Gasteiger partial charge on any atom is -0.357 e. The van der Waals surface area contributed by atoms with Crippen LogP contribution in [0.1, 0.15) is 59.4 Å². The number of aromatic nitrogens is 3. The van der Waals surface area contributed by atoms with Gasteiger partial charge in [0.2, 0.25) is 0 Å². The third-order valence-corrected chi connectivity index (χ3v) is 7.17. The first-order valence-corrected chi connectivity index (χ1v) is 13.1. The summed E-state index contributed by atoms with van der Waals surface area (Å²) in [6, 6.07) is 16.2. The van der Waals surface area contributed by atoms with Crippen molar-refractivity contribution >= 4 is 23.5 Å². The lowest BCUT2D eigenvalue weighted by Crippen LogP contribution is -2.34. The number of anilines is 1. The Morgan fingerprint density at radius 2 is 1.94 bits per heavy atom. The van der Waals surface area contributed by atoms with E-state index in [-0.39, 0.29) is 5.91 Å². The number of carbonyl (C=O) groups excluding carboxylic acids is 1. The Bertz CT molecular complexity index is 1090. The van der Waals surface area contributed by atoms with Crippen molar-refractivity contribution < 1.29 is 4.79 Å². The quantitative estimate of drug-likeness (QED) is 0.338. The maximum Gasteiger partial charge on any atom is 0.251 e. The predicted molar refractivity (Wildman–Crippen MR) is 138 cm³/mol. The van der Waals surface area contributed by atoms with Gasteiger partial charge in [0.25, 0.3) is 5.91 Å². The zero-order valence-electron chi connectivity index (χ0n) is 20.0. The maximum absolute atomic E-state index is 12.6. The maximum atomic E-state index is 12.6. The molecule has 1 fully saturated rings. The normalized spacial score (nSPS) is 14.1. The van der Waals surface area contributed by atoms with Crippen LogP contribution in [0.25, 0.3) is 0 Å². The van der Waals surface area contributed by atoms with Crippen molar-refractivity contribution in [1.82, 2.24) is 20.3 Å². The van der Waals surface area contributed by atoms with Crippen LogP contribution < -0.4 is 10.2 Å². The van der Waals surface area contributed by atoms with Crippen LogP contribution in [0.3, 0.4) is 0 Å².